The number of rotatable bonds is 1. The van der Waals surface area contributed by atoms with Crippen LogP contribution in [0.4, 0.5) is 0 Å². The van der Waals surface area contributed by atoms with E-state index in [2.05, 4.69) is 47.8 Å². The molecule has 1 atom stereocenters. The zero-order valence-corrected chi connectivity index (χ0v) is 11.7. The number of benzene rings is 3. The highest BCUT2D eigenvalue weighted by Gasteiger charge is 2.22. The maximum absolute atomic E-state index is 9.70. The van der Waals surface area contributed by atoms with Crippen LogP contribution < -0.4 is 5.32 Å². The van der Waals surface area contributed by atoms with Crippen LogP contribution in [0.25, 0.3) is 10.8 Å². The van der Waals surface area contributed by atoms with E-state index in [0.717, 1.165) is 13.0 Å². The molecule has 1 heterocycles. The monoisotopic (exact) mass is 275 g/mol. The van der Waals surface area contributed by atoms with Crippen LogP contribution in [-0.4, -0.2) is 11.7 Å². The van der Waals surface area contributed by atoms with Crippen molar-refractivity contribution in [1.82, 2.24) is 5.32 Å². The largest absolute Gasteiger partial charge is 0.508 e. The van der Waals surface area contributed by atoms with E-state index in [0.29, 0.717) is 5.75 Å². The third kappa shape index (κ3) is 2.08. The summed E-state index contributed by atoms with van der Waals surface area (Å²) in [6, 6.07) is 20.9. The Kier molecular flexibility index (Phi) is 2.90. The summed E-state index contributed by atoms with van der Waals surface area (Å²) in [5, 5.41) is 15.9. The maximum atomic E-state index is 9.70. The van der Waals surface area contributed by atoms with Gasteiger partial charge in [0.2, 0.25) is 0 Å². The Morgan fingerprint density at radius 3 is 2.71 bits per heavy atom. The topological polar surface area (TPSA) is 32.3 Å². The quantitative estimate of drug-likeness (QED) is 0.708. The summed E-state index contributed by atoms with van der Waals surface area (Å²) in [5.74, 6) is 0.354. The molecule has 21 heavy (non-hydrogen) atoms. The Bertz CT molecular complexity index is 804. The van der Waals surface area contributed by atoms with Crippen LogP contribution in [0.3, 0.4) is 0 Å². The van der Waals surface area contributed by atoms with Crippen molar-refractivity contribution in [3.05, 3.63) is 77.4 Å². The Labute approximate surface area is 124 Å². The van der Waals surface area contributed by atoms with Crippen LogP contribution in [0.2, 0.25) is 0 Å². The predicted octanol–water partition coefficient (Wildman–Crippen LogP) is 3.78. The molecular weight excluding hydrogens is 258 g/mol. The lowest BCUT2D eigenvalue weighted by molar-refractivity contribution is 0.471. The van der Waals surface area contributed by atoms with Crippen molar-refractivity contribution in [3.63, 3.8) is 0 Å². The molecule has 0 amide bonds. The molecule has 0 saturated heterocycles. The molecule has 0 fully saturated rings. The molecule has 2 nitrogen and oxygen atoms in total. The lowest BCUT2D eigenvalue weighted by Crippen LogP contribution is -2.30. The normalized spacial score (nSPS) is 17.6. The fourth-order valence-corrected chi connectivity index (χ4v) is 3.33. The molecule has 1 aliphatic heterocycles. The smallest absolute Gasteiger partial charge is 0.115 e. The van der Waals surface area contributed by atoms with Gasteiger partial charge < -0.3 is 10.4 Å². The van der Waals surface area contributed by atoms with Gasteiger partial charge in [0.25, 0.3) is 0 Å². The van der Waals surface area contributed by atoms with Crippen molar-refractivity contribution in [1.29, 1.82) is 0 Å². The second-order valence-electron chi connectivity index (χ2n) is 5.59. The van der Waals surface area contributed by atoms with E-state index >= 15 is 0 Å². The Hall–Kier alpha value is -2.32. The minimum Gasteiger partial charge on any atom is -0.508 e. The molecule has 3 aromatic carbocycles. The average molecular weight is 275 g/mol. The van der Waals surface area contributed by atoms with Crippen molar-refractivity contribution >= 4 is 10.8 Å². The van der Waals surface area contributed by atoms with E-state index in [9.17, 15) is 5.11 Å². The van der Waals surface area contributed by atoms with E-state index in [1.807, 2.05) is 12.1 Å². The first-order valence-electron chi connectivity index (χ1n) is 7.36. The lowest BCUT2D eigenvalue weighted by atomic mass is 9.87. The van der Waals surface area contributed by atoms with E-state index in [4.69, 9.17) is 0 Å². The fraction of sp³-hybridized carbons (Fsp3) is 0.158. The molecule has 2 N–H and O–H groups in total. The Morgan fingerprint density at radius 2 is 1.76 bits per heavy atom. The standard InChI is InChI=1S/C19H17NO/c21-15-8-9-17-14(12-15)10-11-20-19(17)18-7-3-5-13-4-1-2-6-16(13)18/h1-9,12,19-21H,10-11H2. The highest BCUT2D eigenvalue weighted by atomic mass is 16.3. The van der Waals surface area contributed by atoms with Gasteiger partial charge in [0.1, 0.15) is 5.75 Å². The van der Waals surface area contributed by atoms with Crippen molar-refractivity contribution in [2.24, 2.45) is 0 Å². The van der Waals surface area contributed by atoms with Gasteiger partial charge in [-0.05, 0) is 46.0 Å². The molecular formula is C19H17NO. The van der Waals surface area contributed by atoms with Gasteiger partial charge >= 0.3 is 0 Å². The number of phenolic OH excluding ortho intramolecular Hbond substituents is 1. The van der Waals surface area contributed by atoms with Crippen LogP contribution in [-0.2, 0) is 6.42 Å². The van der Waals surface area contributed by atoms with E-state index < -0.39 is 0 Å². The minimum absolute atomic E-state index is 0.195. The van der Waals surface area contributed by atoms with Gasteiger partial charge in [-0.15, -0.1) is 0 Å². The molecule has 0 saturated carbocycles. The van der Waals surface area contributed by atoms with E-state index in [-0.39, 0.29) is 6.04 Å². The highest BCUT2D eigenvalue weighted by Crippen LogP contribution is 2.34. The van der Waals surface area contributed by atoms with Gasteiger partial charge in [0, 0.05) is 6.54 Å². The van der Waals surface area contributed by atoms with Gasteiger partial charge in [-0.3, -0.25) is 0 Å². The number of aromatic hydroxyl groups is 1. The van der Waals surface area contributed by atoms with Gasteiger partial charge in [-0.25, -0.2) is 0 Å². The molecule has 1 aliphatic rings. The van der Waals surface area contributed by atoms with E-state index in [1.54, 1.807) is 6.07 Å². The summed E-state index contributed by atoms with van der Waals surface area (Å²) in [7, 11) is 0. The summed E-state index contributed by atoms with van der Waals surface area (Å²) in [6.45, 7) is 0.935. The zero-order chi connectivity index (χ0) is 14.2. The first-order valence-corrected chi connectivity index (χ1v) is 7.36. The SMILES string of the molecule is Oc1ccc2c(c1)CCNC2c1cccc2ccccc12. The van der Waals surface area contributed by atoms with Gasteiger partial charge in [0.05, 0.1) is 6.04 Å². The number of hydrogen-bond donors (Lipinski definition) is 2. The molecule has 3 aromatic rings. The van der Waals surface area contributed by atoms with Crippen LogP contribution >= 0.6 is 0 Å². The summed E-state index contributed by atoms with van der Waals surface area (Å²) >= 11 is 0. The van der Waals surface area contributed by atoms with Crippen LogP contribution in [0.15, 0.2) is 60.7 Å². The average Bonchev–Trinajstić information content (AvgIpc) is 2.53. The van der Waals surface area contributed by atoms with Crippen LogP contribution in [0, 0.1) is 0 Å². The van der Waals surface area contributed by atoms with Crippen LogP contribution in [0.1, 0.15) is 22.7 Å². The Balaban J connectivity index is 1.91. The Morgan fingerprint density at radius 1 is 0.905 bits per heavy atom. The van der Waals surface area contributed by atoms with Crippen LogP contribution in [0.5, 0.6) is 5.75 Å². The summed E-state index contributed by atoms with van der Waals surface area (Å²) in [5.41, 5.74) is 3.82. The second-order valence-corrected chi connectivity index (χ2v) is 5.59. The summed E-state index contributed by atoms with van der Waals surface area (Å²) in [4.78, 5) is 0. The lowest BCUT2D eigenvalue weighted by Gasteiger charge is -2.28. The fourth-order valence-electron chi connectivity index (χ4n) is 3.33. The first-order chi connectivity index (χ1) is 10.3. The molecule has 4 rings (SSSR count). The van der Waals surface area contributed by atoms with Crippen molar-refractivity contribution in [2.45, 2.75) is 12.5 Å². The van der Waals surface area contributed by atoms with Crippen molar-refractivity contribution in [2.75, 3.05) is 6.54 Å². The molecule has 104 valence electrons. The molecule has 0 spiro atoms. The van der Waals surface area contributed by atoms with Crippen molar-refractivity contribution < 1.29 is 5.11 Å². The maximum Gasteiger partial charge on any atom is 0.115 e. The molecule has 0 aromatic heterocycles. The van der Waals surface area contributed by atoms with Gasteiger partial charge in [-0.2, -0.15) is 0 Å². The molecule has 0 bridgehead atoms. The third-order valence-corrected chi connectivity index (χ3v) is 4.31. The van der Waals surface area contributed by atoms with E-state index in [1.165, 1.54) is 27.5 Å². The number of nitrogens with one attached hydrogen (secondary N) is 1. The highest BCUT2D eigenvalue weighted by molar-refractivity contribution is 5.86. The van der Waals surface area contributed by atoms with Gasteiger partial charge in [0.15, 0.2) is 0 Å². The minimum atomic E-state index is 0.195. The third-order valence-electron chi connectivity index (χ3n) is 4.31. The van der Waals surface area contributed by atoms with Crippen molar-refractivity contribution in [3.8, 4) is 5.75 Å². The summed E-state index contributed by atoms with van der Waals surface area (Å²) in [6.07, 6.45) is 0.963. The number of fused-ring (bicyclic) bond motifs is 2. The molecule has 0 radical (unpaired) electrons. The number of phenols is 1. The number of hydrogen-bond acceptors (Lipinski definition) is 2. The second kappa shape index (κ2) is 4.90. The molecule has 2 heteroatoms. The summed E-state index contributed by atoms with van der Waals surface area (Å²) < 4.78 is 0. The van der Waals surface area contributed by atoms with Gasteiger partial charge in [-0.1, -0.05) is 48.5 Å². The molecule has 1 unspecified atom stereocenters. The zero-order valence-electron chi connectivity index (χ0n) is 11.7. The predicted molar refractivity (Wildman–Crippen MR) is 85.6 cm³/mol. The first kappa shape index (κ1) is 12.4. The molecule has 0 aliphatic carbocycles.